The summed E-state index contributed by atoms with van der Waals surface area (Å²) < 4.78 is 5.75. The second kappa shape index (κ2) is 5.12. The number of hydrogen-bond donors (Lipinski definition) is 1. The molecule has 0 aromatic carbocycles. The molecule has 2 aliphatic carbocycles. The lowest BCUT2D eigenvalue weighted by Gasteiger charge is -2.19. The van der Waals surface area contributed by atoms with Crippen molar-refractivity contribution >= 4 is 11.8 Å². The van der Waals surface area contributed by atoms with E-state index in [1.165, 1.54) is 4.91 Å². The predicted molar refractivity (Wildman–Crippen MR) is 76.8 cm³/mol. The largest absolute Gasteiger partial charge is 0.464 e. The smallest absolute Gasteiger partial charge is 0.135 e. The van der Waals surface area contributed by atoms with Crippen molar-refractivity contribution in [2.24, 2.45) is 5.73 Å². The van der Waals surface area contributed by atoms with Crippen LogP contribution in [0.25, 0.3) is 0 Å². The molecule has 0 amide bonds. The Kier molecular flexibility index (Phi) is 3.33. The van der Waals surface area contributed by atoms with Gasteiger partial charge in [-0.1, -0.05) is 18.2 Å². The molecule has 0 aromatic rings. The van der Waals surface area contributed by atoms with E-state index in [4.69, 9.17) is 15.7 Å². The van der Waals surface area contributed by atoms with Crippen molar-refractivity contribution in [3.63, 3.8) is 0 Å². The maximum atomic E-state index is 8.88. The number of rotatable bonds is 1. The van der Waals surface area contributed by atoms with Gasteiger partial charge in [-0.3, -0.25) is 0 Å². The van der Waals surface area contributed by atoms with Gasteiger partial charge < -0.3 is 10.5 Å². The lowest BCUT2D eigenvalue weighted by atomic mass is 9.98. The Labute approximate surface area is 116 Å². The summed E-state index contributed by atoms with van der Waals surface area (Å²) in [4.78, 5) is 1.30. The van der Waals surface area contributed by atoms with Crippen LogP contribution in [0.15, 0.2) is 58.5 Å². The van der Waals surface area contributed by atoms with Crippen LogP contribution in [0, 0.1) is 11.3 Å². The van der Waals surface area contributed by atoms with Crippen molar-refractivity contribution in [3.8, 4) is 6.07 Å². The van der Waals surface area contributed by atoms with E-state index in [0.717, 1.165) is 29.7 Å². The van der Waals surface area contributed by atoms with Crippen LogP contribution in [0.2, 0.25) is 0 Å². The lowest BCUT2D eigenvalue weighted by Crippen LogP contribution is -2.21. The van der Waals surface area contributed by atoms with Crippen LogP contribution in [0.5, 0.6) is 0 Å². The van der Waals surface area contributed by atoms with E-state index in [1.807, 2.05) is 30.0 Å². The number of nitrogens with zero attached hydrogens (tertiary/aromatic N) is 1. The second-order valence-electron chi connectivity index (χ2n) is 4.61. The van der Waals surface area contributed by atoms with Gasteiger partial charge in [0.15, 0.2) is 0 Å². The molecule has 2 atom stereocenters. The molecule has 0 bridgehead atoms. The molecule has 3 rings (SSSR count). The molecule has 2 N–H and O–H groups in total. The molecule has 1 aliphatic heterocycles. The third-order valence-corrected chi connectivity index (χ3v) is 4.67. The molecule has 96 valence electrons. The zero-order valence-electron chi connectivity index (χ0n) is 10.4. The summed E-state index contributed by atoms with van der Waals surface area (Å²) in [5.41, 5.74) is 7.65. The van der Waals surface area contributed by atoms with Gasteiger partial charge in [0.2, 0.25) is 0 Å². The zero-order valence-corrected chi connectivity index (χ0v) is 11.2. The Morgan fingerprint density at radius 2 is 2.37 bits per heavy atom. The van der Waals surface area contributed by atoms with Gasteiger partial charge in [-0.05, 0) is 30.6 Å². The average Bonchev–Trinajstić information content (AvgIpc) is 2.64. The molecule has 19 heavy (non-hydrogen) atoms. The molecule has 0 saturated carbocycles. The predicted octanol–water partition coefficient (Wildman–Crippen LogP) is 2.91. The minimum Gasteiger partial charge on any atom is -0.464 e. The van der Waals surface area contributed by atoms with E-state index < -0.39 is 6.04 Å². The number of fused-ring (bicyclic) bond motifs is 1. The molecule has 0 spiro atoms. The second-order valence-corrected chi connectivity index (χ2v) is 5.85. The molecule has 0 aromatic heterocycles. The minimum atomic E-state index is -0.575. The Bertz CT molecular complexity index is 590. The Morgan fingerprint density at radius 1 is 1.47 bits per heavy atom. The van der Waals surface area contributed by atoms with E-state index in [2.05, 4.69) is 18.2 Å². The van der Waals surface area contributed by atoms with Gasteiger partial charge in [0.25, 0.3) is 0 Å². The van der Waals surface area contributed by atoms with E-state index in [1.54, 1.807) is 6.26 Å². The first-order chi connectivity index (χ1) is 9.28. The van der Waals surface area contributed by atoms with Gasteiger partial charge in [0.1, 0.15) is 11.8 Å². The number of nitrogens with two attached hydrogens (primary N) is 1. The summed E-state index contributed by atoms with van der Waals surface area (Å²) in [7, 11) is 0. The number of allylic oxidation sites excluding steroid dienone is 4. The van der Waals surface area contributed by atoms with Crippen LogP contribution in [0.4, 0.5) is 0 Å². The molecular formula is C15H14N2OS. The Morgan fingerprint density at radius 3 is 3.21 bits per heavy atom. The van der Waals surface area contributed by atoms with Gasteiger partial charge in [-0.25, -0.2) is 0 Å². The van der Waals surface area contributed by atoms with Crippen molar-refractivity contribution in [1.82, 2.24) is 0 Å². The maximum absolute atomic E-state index is 8.88. The number of thioether (sulfide) groups is 1. The first kappa shape index (κ1) is 12.3. The Hall–Kier alpha value is -1.70. The fourth-order valence-electron chi connectivity index (χ4n) is 2.24. The SMILES string of the molecule is N#CC(N)C1=CC2=COC3=C(CCC=C3)SC2C=C1. The van der Waals surface area contributed by atoms with E-state index in [9.17, 15) is 0 Å². The highest BCUT2D eigenvalue weighted by atomic mass is 32.2. The summed E-state index contributed by atoms with van der Waals surface area (Å²) in [5.74, 6) is 0.950. The van der Waals surface area contributed by atoms with Gasteiger partial charge in [-0.2, -0.15) is 5.26 Å². The van der Waals surface area contributed by atoms with Gasteiger partial charge in [-0.15, -0.1) is 11.8 Å². The van der Waals surface area contributed by atoms with Crippen molar-refractivity contribution in [2.45, 2.75) is 24.1 Å². The number of ether oxygens (including phenoxy) is 1. The van der Waals surface area contributed by atoms with E-state index >= 15 is 0 Å². The topological polar surface area (TPSA) is 59.0 Å². The number of nitriles is 1. The lowest BCUT2D eigenvalue weighted by molar-refractivity contribution is 0.360. The standard InChI is InChI=1S/C15H14N2OS/c16-8-12(17)10-5-6-14-11(7-10)9-18-13-3-1-2-4-15(13)19-14/h1,3,5-7,9,12,14H,2,4,17H2. The van der Waals surface area contributed by atoms with Crippen LogP contribution in [0.3, 0.4) is 0 Å². The van der Waals surface area contributed by atoms with Gasteiger partial charge in [0.05, 0.1) is 17.6 Å². The quantitative estimate of drug-likeness (QED) is 0.796. The highest BCUT2D eigenvalue weighted by molar-refractivity contribution is 8.04. The number of hydrogen-bond acceptors (Lipinski definition) is 4. The van der Waals surface area contributed by atoms with Crippen LogP contribution < -0.4 is 5.73 Å². The Balaban J connectivity index is 1.88. The third kappa shape index (κ3) is 2.40. The summed E-state index contributed by atoms with van der Waals surface area (Å²) in [6.45, 7) is 0. The summed E-state index contributed by atoms with van der Waals surface area (Å²) >= 11 is 1.82. The molecule has 3 aliphatic rings. The summed E-state index contributed by atoms with van der Waals surface area (Å²) in [6, 6.07) is 1.48. The minimum absolute atomic E-state index is 0.258. The molecular weight excluding hydrogens is 256 g/mol. The fourth-order valence-corrected chi connectivity index (χ4v) is 3.43. The molecule has 0 radical (unpaired) electrons. The van der Waals surface area contributed by atoms with Crippen molar-refractivity contribution in [3.05, 3.63) is 58.5 Å². The normalized spacial score (nSPS) is 26.2. The van der Waals surface area contributed by atoms with Crippen LogP contribution >= 0.6 is 11.8 Å². The monoisotopic (exact) mass is 270 g/mol. The zero-order chi connectivity index (χ0) is 13.2. The first-order valence-electron chi connectivity index (χ1n) is 6.26. The van der Waals surface area contributed by atoms with Crippen molar-refractivity contribution in [1.29, 1.82) is 5.26 Å². The maximum Gasteiger partial charge on any atom is 0.135 e. The van der Waals surface area contributed by atoms with E-state index in [-0.39, 0.29) is 5.25 Å². The highest BCUT2D eigenvalue weighted by Crippen LogP contribution is 2.40. The van der Waals surface area contributed by atoms with Gasteiger partial charge in [0, 0.05) is 10.5 Å². The molecule has 3 nitrogen and oxygen atoms in total. The molecule has 0 saturated heterocycles. The van der Waals surface area contributed by atoms with Crippen molar-refractivity contribution in [2.75, 3.05) is 0 Å². The fraction of sp³-hybridized carbons (Fsp3) is 0.267. The first-order valence-corrected chi connectivity index (χ1v) is 7.14. The van der Waals surface area contributed by atoms with Crippen LogP contribution in [-0.2, 0) is 4.74 Å². The third-order valence-electron chi connectivity index (χ3n) is 3.30. The van der Waals surface area contributed by atoms with Gasteiger partial charge >= 0.3 is 0 Å². The molecule has 4 heteroatoms. The highest BCUT2D eigenvalue weighted by Gasteiger charge is 2.24. The summed E-state index contributed by atoms with van der Waals surface area (Å²) in [5, 5.41) is 9.14. The van der Waals surface area contributed by atoms with Crippen molar-refractivity contribution < 1.29 is 4.74 Å². The van der Waals surface area contributed by atoms with E-state index in [0.29, 0.717) is 0 Å². The van der Waals surface area contributed by atoms with Crippen LogP contribution in [-0.4, -0.2) is 11.3 Å². The molecule has 1 heterocycles. The van der Waals surface area contributed by atoms with Crippen LogP contribution in [0.1, 0.15) is 12.8 Å². The average molecular weight is 270 g/mol. The molecule has 2 unspecified atom stereocenters. The summed E-state index contributed by atoms with van der Waals surface area (Å²) in [6.07, 6.45) is 14.1. The molecule has 0 fully saturated rings.